The average Bonchev–Trinajstić information content (AvgIpc) is 3.14. The number of rotatable bonds is 7. The first-order valence-corrected chi connectivity index (χ1v) is 10.4. The number of methoxy groups -OCH3 is 1. The summed E-state index contributed by atoms with van der Waals surface area (Å²) in [5.74, 6) is 3.31. The second-order valence-electron chi connectivity index (χ2n) is 8.08. The molecule has 0 radical (unpaired) electrons. The fourth-order valence-corrected chi connectivity index (χ4v) is 4.32. The van der Waals surface area contributed by atoms with Crippen molar-refractivity contribution in [2.75, 3.05) is 20.2 Å². The topological polar surface area (TPSA) is 68.5 Å². The van der Waals surface area contributed by atoms with Crippen molar-refractivity contribution in [1.29, 1.82) is 0 Å². The van der Waals surface area contributed by atoms with Gasteiger partial charge in [-0.15, -0.1) is 0 Å². The van der Waals surface area contributed by atoms with Crippen LogP contribution in [0.2, 0.25) is 0 Å². The van der Waals surface area contributed by atoms with E-state index >= 15 is 0 Å². The summed E-state index contributed by atoms with van der Waals surface area (Å²) in [5.41, 5.74) is 1.03. The zero-order valence-corrected chi connectivity index (χ0v) is 16.6. The van der Waals surface area contributed by atoms with Crippen LogP contribution in [0, 0.1) is 5.92 Å². The molecule has 0 atom stereocenters. The number of carbonyl (C=O) groups excluding carboxylic acids is 1. The van der Waals surface area contributed by atoms with Crippen molar-refractivity contribution in [3.8, 4) is 5.75 Å². The van der Waals surface area contributed by atoms with E-state index in [2.05, 4.69) is 10.1 Å². The molecule has 1 saturated carbocycles. The lowest BCUT2D eigenvalue weighted by molar-refractivity contribution is -0.136. The number of hydrogen-bond donors (Lipinski definition) is 0. The van der Waals surface area contributed by atoms with E-state index in [0.717, 1.165) is 23.7 Å². The number of aromatic nitrogens is 2. The third-order valence-electron chi connectivity index (χ3n) is 6.10. The lowest BCUT2D eigenvalue weighted by Crippen LogP contribution is -2.48. The van der Waals surface area contributed by atoms with Crippen LogP contribution in [0.5, 0.6) is 5.75 Å². The molecular formula is C22H29N3O3. The van der Waals surface area contributed by atoms with Gasteiger partial charge in [-0.1, -0.05) is 55.5 Å². The Hall–Kier alpha value is -2.37. The molecule has 2 fully saturated rings. The zero-order chi connectivity index (χ0) is 19.3. The maximum atomic E-state index is 12.4. The van der Waals surface area contributed by atoms with Crippen molar-refractivity contribution >= 4 is 5.91 Å². The summed E-state index contributed by atoms with van der Waals surface area (Å²) >= 11 is 0. The molecule has 2 aliphatic rings. The van der Waals surface area contributed by atoms with E-state index in [1.54, 1.807) is 7.11 Å². The van der Waals surface area contributed by atoms with Gasteiger partial charge in [-0.2, -0.15) is 4.98 Å². The molecule has 4 rings (SSSR count). The minimum Gasteiger partial charge on any atom is -0.496 e. The number of nitrogens with zero attached hydrogens (tertiary/aromatic N) is 3. The zero-order valence-electron chi connectivity index (χ0n) is 16.6. The Kier molecular flexibility index (Phi) is 5.93. The first kappa shape index (κ1) is 19.0. The summed E-state index contributed by atoms with van der Waals surface area (Å²) < 4.78 is 10.8. The minimum atomic E-state index is 0.164. The summed E-state index contributed by atoms with van der Waals surface area (Å²) in [6.45, 7) is 1.39. The number of carbonyl (C=O) groups is 1. The first-order chi connectivity index (χ1) is 13.7. The quantitative estimate of drug-likeness (QED) is 0.724. The second-order valence-corrected chi connectivity index (χ2v) is 8.08. The van der Waals surface area contributed by atoms with Gasteiger partial charge in [0, 0.05) is 31.5 Å². The maximum absolute atomic E-state index is 12.4. The fourth-order valence-electron chi connectivity index (χ4n) is 4.32. The van der Waals surface area contributed by atoms with Crippen LogP contribution in [0.15, 0.2) is 28.8 Å². The van der Waals surface area contributed by atoms with Gasteiger partial charge >= 0.3 is 0 Å². The van der Waals surface area contributed by atoms with Gasteiger partial charge in [-0.05, 0) is 18.4 Å². The Bertz CT molecular complexity index is 792. The van der Waals surface area contributed by atoms with Gasteiger partial charge in [0.25, 0.3) is 0 Å². The Balaban J connectivity index is 1.25. The molecule has 1 saturated heterocycles. The lowest BCUT2D eigenvalue weighted by atomic mass is 9.86. The van der Waals surface area contributed by atoms with Gasteiger partial charge in [0.05, 0.1) is 13.0 Å². The van der Waals surface area contributed by atoms with E-state index < -0.39 is 0 Å². The minimum absolute atomic E-state index is 0.164. The van der Waals surface area contributed by atoms with E-state index in [1.807, 2.05) is 29.2 Å². The number of amides is 1. The molecule has 1 aromatic carbocycles. The largest absolute Gasteiger partial charge is 0.496 e. The van der Waals surface area contributed by atoms with E-state index in [1.165, 1.54) is 32.1 Å². The van der Waals surface area contributed by atoms with Gasteiger partial charge in [-0.25, -0.2) is 0 Å². The second kappa shape index (κ2) is 8.76. The normalized spacial score (nSPS) is 18.1. The standard InChI is InChI=1S/C22H29N3O3/c1-27-19-10-6-5-9-17(19)13-20-23-22(28-24-20)18-14-25(15-18)21(26)12-11-16-7-3-2-4-8-16/h5-6,9-10,16,18H,2-4,7-8,11-15H2,1H3. The summed E-state index contributed by atoms with van der Waals surface area (Å²) in [4.78, 5) is 18.9. The van der Waals surface area contributed by atoms with Gasteiger partial charge in [0.2, 0.25) is 11.8 Å². The Morgan fingerprint density at radius 1 is 1.21 bits per heavy atom. The number of hydrogen-bond acceptors (Lipinski definition) is 5. The predicted molar refractivity (Wildman–Crippen MR) is 105 cm³/mol. The number of benzene rings is 1. The van der Waals surface area contributed by atoms with Crippen molar-refractivity contribution in [2.45, 2.75) is 57.3 Å². The van der Waals surface area contributed by atoms with Crippen LogP contribution in [0.3, 0.4) is 0 Å². The van der Waals surface area contributed by atoms with Crippen LogP contribution < -0.4 is 4.74 Å². The van der Waals surface area contributed by atoms with Crippen LogP contribution in [-0.4, -0.2) is 41.1 Å². The molecular weight excluding hydrogens is 354 g/mol. The molecule has 0 N–H and O–H groups in total. The molecule has 0 bridgehead atoms. The highest BCUT2D eigenvalue weighted by Crippen LogP contribution is 2.30. The fraction of sp³-hybridized carbons (Fsp3) is 0.591. The monoisotopic (exact) mass is 383 g/mol. The molecule has 150 valence electrons. The van der Waals surface area contributed by atoms with Crippen LogP contribution in [0.25, 0.3) is 0 Å². The average molecular weight is 383 g/mol. The molecule has 6 heteroatoms. The van der Waals surface area contributed by atoms with Crippen LogP contribution in [0.4, 0.5) is 0 Å². The summed E-state index contributed by atoms with van der Waals surface area (Å²) in [6, 6.07) is 7.85. The predicted octanol–water partition coefficient (Wildman–Crippen LogP) is 3.96. The third-order valence-corrected chi connectivity index (χ3v) is 6.10. The number of ether oxygens (including phenoxy) is 1. The van der Waals surface area contributed by atoms with E-state index in [4.69, 9.17) is 9.26 Å². The smallest absolute Gasteiger partial charge is 0.233 e. The highest BCUT2D eigenvalue weighted by Gasteiger charge is 2.35. The van der Waals surface area contributed by atoms with Gasteiger partial charge in [0.15, 0.2) is 5.82 Å². The molecule has 0 spiro atoms. The number of para-hydroxylation sites is 1. The SMILES string of the molecule is COc1ccccc1Cc1noc(C2CN(C(=O)CCC3CCCCC3)C2)n1. The summed E-state index contributed by atoms with van der Waals surface area (Å²) in [5, 5.41) is 4.11. The highest BCUT2D eigenvalue weighted by molar-refractivity contribution is 5.77. The summed E-state index contributed by atoms with van der Waals surface area (Å²) in [7, 11) is 1.66. The first-order valence-electron chi connectivity index (χ1n) is 10.4. The van der Waals surface area contributed by atoms with Gasteiger partial charge < -0.3 is 14.2 Å². The summed E-state index contributed by atoms with van der Waals surface area (Å²) in [6.07, 6.45) is 8.92. The molecule has 6 nitrogen and oxygen atoms in total. The van der Waals surface area contributed by atoms with Crippen molar-refractivity contribution in [1.82, 2.24) is 15.0 Å². The van der Waals surface area contributed by atoms with Crippen LogP contribution >= 0.6 is 0 Å². The molecule has 1 amide bonds. The Labute approximate surface area is 166 Å². The van der Waals surface area contributed by atoms with Crippen LogP contribution in [0.1, 0.15) is 68.1 Å². The molecule has 0 unspecified atom stereocenters. The van der Waals surface area contributed by atoms with Crippen molar-refractivity contribution in [2.24, 2.45) is 5.92 Å². The Morgan fingerprint density at radius 2 is 2.00 bits per heavy atom. The van der Waals surface area contributed by atoms with E-state index in [0.29, 0.717) is 37.6 Å². The van der Waals surface area contributed by atoms with E-state index in [-0.39, 0.29) is 11.8 Å². The van der Waals surface area contributed by atoms with Gasteiger partial charge in [-0.3, -0.25) is 4.79 Å². The molecule has 1 aliphatic heterocycles. The molecule has 1 aromatic heterocycles. The third kappa shape index (κ3) is 4.37. The molecule has 1 aliphatic carbocycles. The number of likely N-dealkylation sites (tertiary alicyclic amines) is 1. The lowest BCUT2D eigenvalue weighted by Gasteiger charge is -2.37. The van der Waals surface area contributed by atoms with Crippen molar-refractivity contribution < 1.29 is 14.1 Å². The molecule has 2 aromatic rings. The van der Waals surface area contributed by atoms with E-state index in [9.17, 15) is 4.79 Å². The molecule has 28 heavy (non-hydrogen) atoms. The van der Waals surface area contributed by atoms with Crippen LogP contribution in [-0.2, 0) is 11.2 Å². The van der Waals surface area contributed by atoms with Gasteiger partial charge in [0.1, 0.15) is 5.75 Å². The Morgan fingerprint density at radius 3 is 2.79 bits per heavy atom. The van der Waals surface area contributed by atoms with Crippen molar-refractivity contribution in [3.63, 3.8) is 0 Å². The molecule has 2 heterocycles. The maximum Gasteiger partial charge on any atom is 0.233 e. The van der Waals surface area contributed by atoms with Crippen molar-refractivity contribution in [3.05, 3.63) is 41.5 Å². The highest BCUT2D eigenvalue weighted by atomic mass is 16.5.